The Kier molecular flexibility index (Phi) is 4.88. The molecule has 0 aliphatic rings. The van der Waals surface area contributed by atoms with Crippen molar-refractivity contribution in [3.63, 3.8) is 0 Å². The van der Waals surface area contributed by atoms with Crippen molar-refractivity contribution in [1.82, 2.24) is 25.6 Å². The van der Waals surface area contributed by atoms with Crippen molar-refractivity contribution in [1.29, 1.82) is 0 Å². The fourth-order valence-corrected chi connectivity index (χ4v) is 1.03. The zero-order valence-electron chi connectivity index (χ0n) is 8.91. The summed E-state index contributed by atoms with van der Waals surface area (Å²) in [6.07, 6.45) is 3.14. The molecule has 1 atom stereocenters. The van der Waals surface area contributed by atoms with Crippen LogP contribution in [0, 0.1) is 0 Å². The lowest BCUT2D eigenvalue weighted by molar-refractivity contribution is -0.140. The van der Waals surface area contributed by atoms with Gasteiger partial charge in [0.2, 0.25) is 0 Å². The summed E-state index contributed by atoms with van der Waals surface area (Å²) in [6, 6.07) is -1.96. The van der Waals surface area contributed by atoms with Gasteiger partial charge in [-0.15, -0.1) is 5.10 Å². The molecule has 94 valence electrons. The molecule has 0 fully saturated rings. The highest BCUT2D eigenvalue weighted by molar-refractivity contribution is 5.82. The van der Waals surface area contributed by atoms with Crippen LogP contribution in [0.2, 0.25) is 0 Å². The molecule has 17 heavy (non-hydrogen) atoms. The number of nitrogens with zero attached hydrogens (tertiary/aromatic N) is 3. The van der Waals surface area contributed by atoms with Gasteiger partial charge in [0.1, 0.15) is 0 Å². The molecule has 9 heteroatoms. The summed E-state index contributed by atoms with van der Waals surface area (Å²) in [5.41, 5.74) is 0. The Morgan fingerprint density at radius 1 is 1.47 bits per heavy atom. The number of aromatic nitrogens is 3. The third-order valence-electron chi connectivity index (χ3n) is 1.88. The van der Waals surface area contributed by atoms with E-state index in [2.05, 4.69) is 20.9 Å². The number of carboxylic acids is 1. The highest BCUT2D eigenvalue weighted by atomic mass is 16.4. The van der Waals surface area contributed by atoms with Crippen LogP contribution < -0.4 is 10.6 Å². The largest absolute Gasteiger partial charge is 0.480 e. The summed E-state index contributed by atoms with van der Waals surface area (Å²) in [7, 11) is 0. The van der Waals surface area contributed by atoms with Crippen molar-refractivity contribution < 1.29 is 19.8 Å². The Bertz CT molecular complexity index is 366. The van der Waals surface area contributed by atoms with Gasteiger partial charge in [-0.25, -0.2) is 9.59 Å². The van der Waals surface area contributed by atoms with Gasteiger partial charge < -0.3 is 20.8 Å². The van der Waals surface area contributed by atoms with Crippen LogP contribution in [0.1, 0.15) is 0 Å². The molecule has 0 aliphatic carbocycles. The fraction of sp³-hybridized carbons (Fsp3) is 0.500. The second-order valence-electron chi connectivity index (χ2n) is 3.14. The first-order valence-corrected chi connectivity index (χ1v) is 4.85. The van der Waals surface area contributed by atoms with Crippen LogP contribution in [-0.2, 0) is 11.3 Å². The summed E-state index contributed by atoms with van der Waals surface area (Å²) in [5, 5.41) is 29.0. The smallest absolute Gasteiger partial charge is 0.328 e. The van der Waals surface area contributed by atoms with E-state index in [9.17, 15) is 9.59 Å². The van der Waals surface area contributed by atoms with E-state index in [1.54, 1.807) is 6.20 Å². The van der Waals surface area contributed by atoms with Gasteiger partial charge in [0.05, 0.1) is 19.3 Å². The zero-order chi connectivity index (χ0) is 12.7. The van der Waals surface area contributed by atoms with Gasteiger partial charge >= 0.3 is 12.0 Å². The maximum atomic E-state index is 11.2. The standard InChI is InChI=1S/C8H13N5O4/c14-5-6(7(15)16)11-8(17)9-1-3-13-4-2-10-12-13/h2,4,6,14H,1,3,5H2,(H,15,16)(H2,9,11,17). The number of hydrogen-bond donors (Lipinski definition) is 4. The Hall–Kier alpha value is -2.16. The molecule has 1 heterocycles. The van der Waals surface area contributed by atoms with Crippen molar-refractivity contribution in [2.24, 2.45) is 0 Å². The molecule has 0 aliphatic heterocycles. The summed E-state index contributed by atoms with van der Waals surface area (Å²) in [5.74, 6) is -1.29. The number of aliphatic hydroxyl groups is 1. The minimum atomic E-state index is -1.30. The Balaban J connectivity index is 2.23. The molecular formula is C8H13N5O4. The number of rotatable bonds is 6. The van der Waals surface area contributed by atoms with Crippen LogP contribution in [0.5, 0.6) is 0 Å². The van der Waals surface area contributed by atoms with Crippen molar-refractivity contribution in [3.05, 3.63) is 12.4 Å². The third-order valence-corrected chi connectivity index (χ3v) is 1.88. The van der Waals surface area contributed by atoms with E-state index in [0.29, 0.717) is 6.54 Å². The number of carboxylic acid groups (broad SMARTS) is 1. The maximum Gasteiger partial charge on any atom is 0.328 e. The van der Waals surface area contributed by atoms with Gasteiger partial charge in [0.15, 0.2) is 6.04 Å². The summed E-state index contributed by atoms with van der Waals surface area (Å²) in [6.45, 7) is 0.0308. The van der Waals surface area contributed by atoms with Gasteiger partial charge in [-0.1, -0.05) is 5.21 Å². The molecular weight excluding hydrogens is 230 g/mol. The van der Waals surface area contributed by atoms with E-state index < -0.39 is 24.6 Å². The predicted molar refractivity (Wildman–Crippen MR) is 55.1 cm³/mol. The number of amides is 2. The van der Waals surface area contributed by atoms with E-state index in [0.717, 1.165) is 0 Å². The molecule has 2 amide bonds. The van der Waals surface area contributed by atoms with Crippen LogP contribution in [-0.4, -0.2) is 56.4 Å². The first kappa shape index (κ1) is 12.9. The van der Waals surface area contributed by atoms with Gasteiger partial charge in [-0.2, -0.15) is 0 Å². The Morgan fingerprint density at radius 2 is 2.24 bits per heavy atom. The first-order chi connectivity index (χ1) is 8.13. The highest BCUT2D eigenvalue weighted by Gasteiger charge is 2.17. The van der Waals surface area contributed by atoms with Crippen molar-refractivity contribution >= 4 is 12.0 Å². The fourth-order valence-electron chi connectivity index (χ4n) is 1.03. The number of carbonyl (C=O) groups is 2. The second kappa shape index (κ2) is 6.43. The van der Waals surface area contributed by atoms with Gasteiger partial charge in [-0.05, 0) is 0 Å². The van der Waals surface area contributed by atoms with Gasteiger partial charge in [0, 0.05) is 12.7 Å². The average molecular weight is 243 g/mol. The molecule has 1 aromatic heterocycles. The number of aliphatic carboxylic acids is 1. The number of hydrogen-bond acceptors (Lipinski definition) is 5. The first-order valence-electron chi connectivity index (χ1n) is 4.85. The number of carbonyl (C=O) groups excluding carboxylic acids is 1. The molecule has 9 nitrogen and oxygen atoms in total. The van der Waals surface area contributed by atoms with Crippen molar-refractivity contribution in [3.8, 4) is 0 Å². The van der Waals surface area contributed by atoms with Crippen LogP contribution >= 0.6 is 0 Å². The molecule has 1 unspecified atom stereocenters. The lowest BCUT2D eigenvalue weighted by Gasteiger charge is -2.12. The van der Waals surface area contributed by atoms with Gasteiger partial charge in [-0.3, -0.25) is 4.68 Å². The molecule has 0 saturated carbocycles. The lowest BCUT2D eigenvalue weighted by atomic mass is 10.3. The summed E-state index contributed by atoms with van der Waals surface area (Å²) >= 11 is 0. The van der Waals surface area contributed by atoms with E-state index in [1.165, 1.54) is 10.9 Å². The molecule has 4 N–H and O–H groups in total. The van der Waals surface area contributed by atoms with E-state index >= 15 is 0 Å². The zero-order valence-corrected chi connectivity index (χ0v) is 8.91. The maximum absolute atomic E-state index is 11.2. The van der Waals surface area contributed by atoms with Crippen molar-refractivity contribution in [2.75, 3.05) is 13.2 Å². The number of nitrogens with one attached hydrogen (secondary N) is 2. The second-order valence-corrected chi connectivity index (χ2v) is 3.14. The highest BCUT2D eigenvalue weighted by Crippen LogP contribution is 1.83. The topological polar surface area (TPSA) is 129 Å². The molecule has 0 spiro atoms. The van der Waals surface area contributed by atoms with E-state index in [1.807, 2.05) is 0 Å². The van der Waals surface area contributed by atoms with Crippen LogP contribution in [0.25, 0.3) is 0 Å². The predicted octanol–water partition coefficient (Wildman–Crippen LogP) is -1.98. The van der Waals surface area contributed by atoms with Crippen LogP contribution in [0.15, 0.2) is 12.4 Å². The molecule has 1 rings (SSSR count). The van der Waals surface area contributed by atoms with Crippen molar-refractivity contribution in [2.45, 2.75) is 12.6 Å². The van der Waals surface area contributed by atoms with Crippen LogP contribution in [0.3, 0.4) is 0 Å². The minimum absolute atomic E-state index is 0.271. The van der Waals surface area contributed by atoms with Crippen LogP contribution in [0.4, 0.5) is 4.79 Å². The van der Waals surface area contributed by atoms with Gasteiger partial charge in [0.25, 0.3) is 0 Å². The number of urea groups is 1. The Labute approximate surface area is 96.4 Å². The normalized spacial score (nSPS) is 11.8. The molecule has 0 bridgehead atoms. The molecule has 0 radical (unpaired) electrons. The SMILES string of the molecule is O=C(NCCn1ccnn1)NC(CO)C(=O)O. The molecule has 0 aromatic carbocycles. The summed E-state index contributed by atoms with van der Waals surface area (Å²) in [4.78, 5) is 21.7. The molecule has 0 saturated heterocycles. The molecule has 1 aromatic rings. The minimum Gasteiger partial charge on any atom is -0.480 e. The lowest BCUT2D eigenvalue weighted by Crippen LogP contribution is -2.48. The number of aliphatic hydroxyl groups excluding tert-OH is 1. The van der Waals surface area contributed by atoms with E-state index in [-0.39, 0.29) is 6.54 Å². The Morgan fingerprint density at radius 3 is 2.76 bits per heavy atom. The third kappa shape index (κ3) is 4.47. The quantitative estimate of drug-likeness (QED) is 0.458. The average Bonchev–Trinajstić information content (AvgIpc) is 2.78. The monoisotopic (exact) mass is 243 g/mol. The summed E-state index contributed by atoms with van der Waals surface area (Å²) < 4.78 is 1.51. The van der Waals surface area contributed by atoms with E-state index in [4.69, 9.17) is 10.2 Å².